The summed E-state index contributed by atoms with van der Waals surface area (Å²) in [5, 5.41) is 20.6. The molecule has 8 nitrogen and oxygen atoms in total. The minimum Gasteiger partial charge on any atom is -0.404 e. The van der Waals surface area contributed by atoms with Crippen molar-refractivity contribution in [1.82, 2.24) is 4.98 Å². The Hall–Kier alpha value is -2.63. The molecular formula is C16H22ClN7O. The average molecular weight is 364 g/mol. The number of amidine groups is 1. The molecule has 9 heteroatoms. The van der Waals surface area contributed by atoms with Crippen molar-refractivity contribution >= 4 is 35.3 Å². The maximum absolute atomic E-state index is 9.52. The van der Waals surface area contributed by atoms with Crippen LogP contribution in [0.25, 0.3) is 0 Å². The molecule has 6 N–H and O–H groups in total. The van der Waals surface area contributed by atoms with E-state index in [2.05, 4.69) is 21.4 Å². The number of nitrogens with two attached hydrogens (primary N) is 2. The molecule has 0 amide bonds. The van der Waals surface area contributed by atoms with Gasteiger partial charge in [-0.1, -0.05) is 11.6 Å². The highest BCUT2D eigenvalue weighted by molar-refractivity contribution is 6.34. The van der Waals surface area contributed by atoms with Crippen LogP contribution in [0, 0.1) is 16.7 Å². The quantitative estimate of drug-likeness (QED) is 0.316. The molecule has 1 heterocycles. The van der Waals surface area contributed by atoms with Crippen LogP contribution in [-0.4, -0.2) is 37.3 Å². The Labute approximate surface area is 152 Å². The highest BCUT2D eigenvalue weighted by atomic mass is 35.5. The number of methoxy groups -OCH3 is 1. The highest BCUT2D eigenvalue weighted by Crippen LogP contribution is 2.39. The van der Waals surface area contributed by atoms with Crippen LogP contribution in [0.15, 0.2) is 17.3 Å². The molecule has 0 aliphatic heterocycles. The molecule has 25 heavy (non-hydrogen) atoms. The molecule has 0 aromatic carbocycles. The van der Waals surface area contributed by atoms with Gasteiger partial charge in [0.2, 0.25) is 0 Å². The second-order valence-corrected chi connectivity index (χ2v) is 5.96. The first kappa shape index (κ1) is 20.4. The summed E-state index contributed by atoms with van der Waals surface area (Å²) in [7, 11) is 1.58. The van der Waals surface area contributed by atoms with Gasteiger partial charge in [-0.2, -0.15) is 5.26 Å². The fourth-order valence-electron chi connectivity index (χ4n) is 2.10. The second kappa shape index (κ2) is 9.01. The summed E-state index contributed by atoms with van der Waals surface area (Å²) < 4.78 is 5.00. The lowest BCUT2D eigenvalue weighted by molar-refractivity contribution is 0.210. The number of aromatic nitrogens is 1. The number of hydrogen-bond donors (Lipinski definition) is 4. The van der Waals surface area contributed by atoms with E-state index in [4.69, 9.17) is 33.2 Å². The minimum atomic E-state index is -0.965. The van der Waals surface area contributed by atoms with Crippen molar-refractivity contribution in [3.05, 3.63) is 28.4 Å². The summed E-state index contributed by atoms with van der Waals surface area (Å²) >= 11 is 6.47. The van der Waals surface area contributed by atoms with Crippen LogP contribution in [0.4, 0.5) is 11.6 Å². The Morgan fingerprint density at radius 2 is 2.24 bits per heavy atom. The Morgan fingerprint density at radius 1 is 1.56 bits per heavy atom. The molecule has 1 aromatic rings. The predicted octanol–water partition coefficient (Wildman–Crippen LogP) is 2.05. The molecule has 0 fully saturated rings. The second-order valence-electron chi connectivity index (χ2n) is 5.58. The van der Waals surface area contributed by atoms with E-state index < -0.39 is 5.41 Å². The minimum absolute atomic E-state index is 0.115. The SMILES string of the molecule is COCCNc1nc(N=C(N)/C=C\N)c(C=N)c(C(C)(C)C#N)c1Cl. The number of ether oxygens (including phenoxy) is 1. The Balaban J connectivity index is 3.68. The van der Waals surface area contributed by atoms with Crippen LogP contribution < -0.4 is 16.8 Å². The van der Waals surface area contributed by atoms with Crippen molar-refractivity contribution in [2.24, 2.45) is 16.5 Å². The fourth-order valence-corrected chi connectivity index (χ4v) is 2.55. The average Bonchev–Trinajstić information content (AvgIpc) is 2.57. The third-order valence-corrected chi connectivity index (χ3v) is 3.67. The maximum Gasteiger partial charge on any atom is 0.165 e. The van der Waals surface area contributed by atoms with Crippen molar-refractivity contribution in [2.45, 2.75) is 19.3 Å². The van der Waals surface area contributed by atoms with Gasteiger partial charge < -0.3 is 26.9 Å². The highest BCUT2D eigenvalue weighted by Gasteiger charge is 2.30. The van der Waals surface area contributed by atoms with Gasteiger partial charge in [-0.25, -0.2) is 9.98 Å². The number of anilines is 1. The zero-order valence-electron chi connectivity index (χ0n) is 14.4. The summed E-state index contributed by atoms with van der Waals surface area (Å²) in [6.45, 7) is 4.31. The molecule has 0 aliphatic carbocycles. The van der Waals surface area contributed by atoms with E-state index in [9.17, 15) is 5.26 Å². The van der Waals surface area contributed by atoms with E-state index in [0.29, 0.717) is 30.1 Å². The first-order valence-corrected chi connectivity index (χ1v) is 7.81. The third kappa shape index (κ3) is 4.92. The zero-order valence-corrected chi connectivity index (χ0v) is 15.2. The molecule has 0 radical (unpaired) electrons. The number of aliphatic imine (C=N–C) groups is 1. The largest absolute Gasteiger partial charge is 0.404 e. The fraction of sp³-hybridized carbons (Fsp3) is 0.375. The van der Waals surface area contributed by atoms with Crippen molar-refractivity contribution < 1.29 is 4.74 Å². The maximum atomic E-state index is 9.52. The normalized spacial score (nSPS) is 12.2. The van der Waals surface area contributed by atoms with Gasteiger partial charge in [0.25, 0.3) is 0 Å². The molecular weight excluding hydrogens is 342 g/mol. The lowest BCUT2D eigenvalue weighted by atomic mass is 9.83. The summed E-state index contributed by atoms with van der Waals surface area (Å²) in [5.41, 5.74) is 10.9. The standard InChI is InChI=1S/C16H22ClN7O/c1-16(2,9-20)12-10(8-19)14(23-11(21)4-5-18)24-15(13(12)17)22-6-7-25-3/h4-5,8,19H,6-7,18H2,1-3H3,(H3,21,22,23,24)/b5-4-,19-8?. The Bertz CT molecular complexity index is 735. The molecule has 134 valence electrons. The molecule has 0 spiro atoms. The number of nitrogens with zero attached hydrogens (tertiary/aromatic N) is 3. The summed E-state index contributed by atoms with van der Waals surface area (Å²) in [6, 6.07) is 2.19. The van der Waals surface area contributed by atoms with Crippen molar-refractivity contribution in [1.29, 1.82) is 10.7 Å². The first-order chi connectivity index (χ1) is 11.8. The molecule has 0 bridgehead atoms. The number of pyridine rings is 1. The number of rotatable bonds is 8. The van der Waals surface area contributed by atoms with Gasteiger partial charge in [0.1, 0.15) is 11.7 Å². The van der Waals surface area contributed by atoms with E-state index in [1.54, 1.807) is 21.0 Å². The number of hydrogen-bond acceptors (Lipinski definition) is 7. The zero-order chi connectivity index (χ0) is 19.0. The summed E-state index contributed by atoms with van der Waals surface area (Å²) in [4.78, 5) is 8.53. The van der Waals surface area contributed by atoms with Crippen LogP contribution in [0.1, 0.15) is 25.0 Å². The molecule has 1 aromatic heterocycles. The van der Waals surface area contributed by atoms with Crippen molar-refractivity contribution in [3.63, 3.8) is 0 Å². The van der Waals surface area contributed by atoms with E-state index in [-0.39, 0.29) is 16.7 Å². The predicted molar refractivity (Wildman–Crippen MR) is 101 cm³/mol. The van der Waals surface area contributed by atoms with E-state index in [1.807, 2.05) is 0 Å². The van der Waals surface area contributed by atoms with Gasteiger partial charge in [0, 0.05) is 31.0 Å². The van der Waals surface area contributed by atoms with Gasteiger partial charge in [0.05, 0.1) is 23.1 Å². The van der Waals surface area contributed by atoms with Gasteiger partial charge in [-0.15, -0.1) is 0 Å². The van der Waals surface area contributed by atoms with Gasteiger partial charge in [-0.05, 0) is 26.1 Å². The first-order valence-electron chi connectivity index (χ1n) is 7.43. The molecule has 0 atom stereocenters. The molecule has 0 saturated heterocycles. The third-order valence-electron chi connectivity index (χ3n) is 3.30. The molecule has 1 rings (SSSR count). The van der Waals surface area contributed by atoms with Crippen molar-refractivity contribution in [2.75, 3.05) is 25.6 Å². The lowest BCUT2D eigenvalue weighted by Gasteiger charge is -2.23. The van der Waals surface area contributed by atoms with E-state index in [1.165, 1.54) is 12.3 Å². The van der Waals surface area contributed by atoms with Crippen LogP contribution >= 0.6 is 11.6 Å². The lowest BCUT2D eigenvalue weighted by Crippen LogP contribution is -2.20. The molecule has 0 unspecified atom stereocenters. The smallest absolute Gasteiger partial charge is 0.165 e. The van der Waals surface area contributed by atoms with Crippen LogP contribution in [0.2, 0.25) is 5.02 Å². The van der Waals surface area contributed by atoms with E-state index >= 15 is 0 Å². The summed E-state index contributed by atoms with van der Waals surface area (Å²) in [5.74, 6) is 0.628. The molecule has 0 saturated carbocycles. The van der Waals surface area contributed by atoms with Crippen LogP contribution in [-0.2, 0) is 10.2 Å². The van der Waals surface area contributed by atoms with Crippen LogP contribution in [0.3, 0.4) is 0 Å². The van der Waals surface area contributed by atoms with Gasteiger partial charge in [0.15, 0.2) is 5.82 Å². The van der Waals surface area contributed by atoms with Crippen molar-refractivity contribution in [3.8, 4) is 6.07 Å². The number of halogens is 1. The molecule has 0 aliphatic rings. The Morgan fingerprint density at radius 3 is 2.76 bits per heavy atom. The number of nitriles is 1. The Kier molecular flexibility index (Phi) is 7.36. The monoisotopic (exact) mass is 363 g/mol. The topological polar surface area (TPSA) is 146 Å². The van der Waals surface area contributed by atoms with Crippen LogP contribution in [0.5, 0.6) is 0 Å². The number of nitrogens with one attached hydrogen (secondary N) is 2. The van der Waals surface area contributed by atoms with Gasteiger partial charge >= 0.3 is 0 Å². The summed E-state index contributed by atoms with van der Waals surface area (Å²) in [6.07, 6.45) is 3.71. The van der Waals surface area contributed by atoms with E-state index in [0.717, 1.165) is 6.21 Å². The van der Waals surface area contributed by atoms with Gasteiger partial charge in [-0.3, -0.25) is 0 Å².